The van der Waals surface area contributed by atoms with Crippen LogP contribution in [0.5, 0.6) is 0 Å². The molecular weight excluding hydrogens is 968 g/mol. The normalized spacial score (nSPS) is 30.3. The number of rotatable bonds is 16. The van der Waals surface area contributed by atoms with Crippen LogP contribution in [-0.2, 0) is 77.3 Å². The Morgan fingerprint density at radius 1 is 0.750 bits per heavy atom. The van der Waals surface area contributed by atoms with Crippen LogP contribution >= 0.6 is 20.7 Å². The number of hydrogen-bond acceptors (Lipinski definition) is 26. The van der Waals surface area contributed by atoms with E-state index in [2.05, 4.69) is 45.2 Å². The molecular formula is C30H38N15O13P3S3. The highest BCUT2D eigenvalue weighted by Crippen LogP contribution is 2.53. The quantitative estimate of drug-likeness (QED) is 0.0481. The molecule has 9 rings (SSSR count). The molecule has 0 bridgehead atoms. The summed E-state index contributed by atoms with van der Waals surface area (Å²) in [7, 11) is -2.44. The van der Waals surface area contributed by atoms with Crippen LogP contribution in [0.2, 0.25) is 0 Å². The van der Waals surface area contributed by atoms with Crippen LogP contribution in [-0.4, -0.2) is 131 Å². The van der Waals surface area contributed by atoms with Gasteiger partial charge in [-0.15, -0.1) is 0 Å². The minimum absolute atomic E-state index is 0.0201. The fourth-order valence-electron chi connectivity index (χ4n) is 7.59. The first-order valence-corrected chi connectivity index (χ1v) is 26.3. The van der Waals surface area contributed by atoms with E-state index in [1.165, 1.54) is 31.6 Å². The van der Waals surface area contributed by atoms with Crippen LogP contribution in [0, 0.1) is 0 Å². The Bertz CT molecular complexity index is 2700. The molecule has 0 amide bonds. The van der Waals surface area contributed by atoms with Gasteiger partial charge in [0.05, 0.1) is 44.4 Å². The molecule has 5 aromatic heterocycles. The number of nitrogens with two attached hydrogens (primary N) is 3. The molecule has 64 heavy (non-hydrogen) atoms. The summed E-state index contributed by atoms with van der Waals surface area (Å²) < 4.78 is 63.8. The van der Waals surface area contributed by atoms with E-state index in [4.69, 9.17) is 89.9 Å². The van der Waals surface area contributed by atoms with E-state index < -0.39 is 95.4 Å². The molecule has 0 saturated carbocycles. The molecule has 3 fully saturated rings. The summed E-state index contributed by atoms with van der Waals surface area (Å²) in [5.41, 5.74) is 19.3. The van der Waals surface area contributed by atoms with Crippen molar-refractivity contribution in [3.05, 3.63) is 37.3 Å². The van der Waals surface area contributed by atoms with Crippen molar-refractivity contribution in [3.63, 3.8) is 0 Å². The third-order valence-corrected chi connectivity index (χ3v) is 14.4. The number of aliphatic hydroxyl groups is 2. The van der Waals surface area contributed by atoms with Crippen molar-refractivity contribution in [1.82, 2.24) is 48.6 Å². The number of aliphatic hydroxyl groups excluding tert-OH is 2. The SMILES string of the molecule is NC1=NC(O)c2ncn([C@H]3C[C@H](O)[C@@H](COP(O)(=S)O[C@H]4C[C@H](n5cnc6c(N)ncnc65)O[C@@H]4COP(O)(=S)O[C@H]4C[C@H](n5cnc6c(N)ncnc65)O[C@@H]4CO[P+](=O)[S-])O3)c2N1. The molecule has 9 heterocycles. The van der Waals surface area contributed by atoms with Crippen molar-refractivity contribution in [1.29, 1.82) is 0 Å². The van der Waals surface area contributed by atoms with Crippen molar-refractivity contribution >= 4 is 102 Å². The van der Waals surface area contributed by atoms with Gasteiger partial charge in [0.1, 0.15) is 84.9 Å². The molecule has 28 nitrogen and oxygen atoms in total. The maximum atomic E-state index is 11.7. The van der Waals surface area contributed by atoms with E-state index in [0.717, 1.165) is 0 Å². The molecule has 0 aromatic carbocycles. The summed E-state index contributed by atoms with van der Waals surface area (Å²) in [4.78, 5) is 55.9. The molecule has 344 valence electrons. The minimum atomic E-state index is -4.17. The first kappa shape index (κ1) is 45.6. The zero-order valence-corrected chi connectivity index (χ0v) is 37.7. The zero-order chi connectivity index (χ0) is 45.1. The molecule has 3 saturated heterocycles. The number of ether oxygens (including phenoxy) is 3. The fourth-order valence-corrected chi connectivity index (χ4v) is 11.0. The summed E-state index contributed by atoms with van der Waals surface area (Å²) in [6.45, 7) is -9.45. The molecule has 0 aliphatic carbocycles. The van der Waals surface area contributed by atoms with Gasteiger partial charge in [-0.25, -0.2) is 39.9 Å². The van der Waals surface area contributed by atoms with Gasteiger partial charge in [-0.3, -0.25) is 13.7 Å². The number of anilines is 3. The first-order chi connectivity index (χ1) is 30.5. The Kier molecular flexibility index (Phi) is 13.0. The van der Waals surface area contributed by atoms with Gasteiger partial charge in [-0.05, 0) is 23.6 Å². The number of hydrogen-bond donors (Lipinski definition) is 8. The van der Waals surface area contributed by atoms with Crippen LogP contribution in [0.4, 0.5) is 17.5 Å². The number of nitrogens with one attached hydrogen (secondary N) is 1. The van der Waals surface area contributed by atoms with Crippen LogP contribution < -0.4 is 22.5 Å². The van der Waals surface area contributed by atoms with Crippen molar-refractivity contribution < 1.29 is 61.4 Å². The number of imidazole rings is 3. The van der Waals surface area contributed by atoms with Gasteiger partial charge in [0.15, 0.2) is 35.1 Å². The van der Waals surface area contributed by atoms with Crippen LogP contribution in [0.15, 0.2) is 36.6 Å². The maximum absolute atomic E-state index is 11.7. The Morgan fingerprint density at radius 2 is 1.25 bits per heavy atom. The summed E-state index contributed by atoms with van der Waals surface area (Å²) in [5, 5.41) is 24.0. The molecule has 4 aliphatic rings. The summed E-state index contributed by atoms with van der Waals surface area (Å²) in [5.74, 6) is 0.584. The molecule has 0 spiro atoms. The maximum Gasteiger partial charge on any atom is 0.372 e. The Balaban J connectivity index is 0.882. The van der Waals surface area contributed by atoms with Gasteiger partial charge < -0.3 is 87.1 Å². The molecule has 5 aromatic rings. The van der Waals surface area contributed by atoms with Gasteiger partial charge in [-0.1, -0.05) is 4.57 Å². The fraction of sp³-hybridized carbons (Fsp3) is 0.533. The van der Waals surface area contributed by atoms with Crippen LogP contribution in [0.3, 0.4) is 0 Å². The predicted molar refractivity (Wildman–Crippen MR) is 229 cm³/mol. The van der Waals surface area contributed by atoms with E-state index in [1.807, 2.05) is 0 Å². The molecule has 13 atom stereocenters. The monoisotopic (exact) mass is 1010 g/mol. The van der Waals surface area contributed by atoms with Crippen molar-refractivity contribution in [3.8, 4) is 0 Å². The number of guanidine groups is 1. The molecule has 4 aliphatic heterocycles. The van der Waals surface area contributed by atoms with E-state index in [0.29, 0.717) is 28.1 Å². The second-order valence-electron chi connectivity index (χ2n) is 14.6. The number of aromatic nitrogens is 10. The standard InChI is InChI=1S/C30H38N15O13P3S3/c31-24-21-26(36-7-34-24)43(9-38-21)19-2-13(16(55-19)4-51-59(48)62)57-61(50,64)53-6-17-14(3-20(56-17)44-10-39-22-25(32)35-8-37-27(22)44)58-60(49,63)52-5-15-12(46)1-18(54-15)45-11-40-23-28(45)41-30(33)42-29(23)47/h7-20,29,46-47H,1-6H2,(H,49,63)(H,50,64)(H2,31,34,36)(H2,32,35,37)(H3,33,41,42)/t12-,13-,14-,15+,16+,17+,18+,19+,20+,29?,60?,61?/m0/s1. The first-order valence-electron chi connectivity index (χ1n) is 19.0. The van der Waals surface area contributed by atoms with E-state index in [1.54, 1.807) is 13.7 Å². The lowest BCUT2D eigenvalue weighted by atomic mass is 10.2. The average molecular weight is 1010 g/mol. The van der Waals surface area contributed by atoms with Gasteiger partial charge in [-0.2, -0.15) is 4.52 Å². The highest BCUT2D eigenvalue weighted by atomic mass is 32.7. The zero-order valence-electron chi connectivity index (χ0n) is 32.6. The Hall–Kier alpha value is -3.55. The van der Waals surface area contributed by atoms with Gasteiger partial charge in [0, 0.05) is 19.3 Å². The van der Waals surface area contributed by atoms with E-state index in [-0.39, 0.29) is 49.2 Å². The third-order valence-electron chi connectivity index (χ3n) is 10.5. The van der Waals surface area contributed by atoms with Gasteiger partial charge in [0.25, 0.3) is 0 Å². The summed E-state index contributed by atoms with van der Waals surface area (Å²) in [6.07, 6.45) is -2.80. The van der Waals surface area contributed by atoms with Gasteiger partial charge in [0.2, 0.25) is 0 Å². The lowest BCUT2D eigenvalue weighted by Gasteiger charge is -2.27. The van der Waals surface area contributed by atoms with Crippen molar-refractivity contribution in [2.24, 2.45) is 10.7 Å². The van der Waals surface area contributed by atoms with Gasteiger partial charge >= 0.3 is 20.7 Å². The second kappa shape index (κ2) is 18.3. The minimum Gasteiger partial charge on any atom is -0.408 e. The van der Waals surface area contributed by atoms with E-state index >= 15 is 0 Å². The Morgan fingerprint density at radius 3 is 1.81 bits per heavy atom. The topological polar surface area (TPSA) is 379 Å². The van der Waals surface area contributed by atoms with Crippen LogP contribution in [0.1, 0.15) is 49.9 Å². The highest BCUT2D eigenvalue weighted by molar-refractivity contribution is 8.25. The highest BCUT2D eigenvalue weighted by Gasteiger charge is 2.46. The van der Waals surface area contributed by atoms with Crippen molar-refractivity contribution in [2.75, 3.05) is 36.6 Å². The van der Waals surface area contributed by atoms with E-state index in [9.17, 15) is 24.6 Å². The number of nitrogens with zero attached hydrogens (tertiary/aromatic N) is 11. The molecule has 0 radical (unpaired) electrons. The van der Waals surface area contributed by atoms with Crippen LogP contribution in [0.25, 0.3) is 22.3 Å². The smallest absolute Gasteiger partial charge is 0.372 e. The number of nitrogen functional groups attached to an aromatic ring is 2. The summed E-state index contributed by atoms with van der Waals surface area (Å²) in [6, 6.07) is 0. The molecule has 34 heteroatoms. The molecule has 11 N–H and O–H groups in total. The van der Waals surface area contributed by atoms with Crippen molar-refractivity contribution in [2.45, 2.75) is 80.8 Å². The predicted octanol–water partition coefficient (Wildman–Crippen LogP) is 0.140. The average Bonchev–Trinajstić information content (AvgIpc) is 4.09. The second-order valence-corrected chi connectivity index (χ2v) is 21.7. The largest absolute Gasteiger partial charge is 0.408 e. The summed E-state index contributed by atoms with van der Waals surface area (Å²) >= 11 is 15.6. The lowest BCUT2D eigenvalue weighted by molar-refractivity contribution is -0.0525. The lowest BCUT2D eigenvalue weighted by Crippen LogP contribution is -2.31. The Labute approximate surface area is 376 Å². The number of aliphatic imine (C=N–C) groups is 1. The number of fused-ring (bicyclic) bond motifs is 3. The molecule has 4 unspecified atom stereocenters. The third kappa shape index (κ3) is 9.51.